The summed E-state index contributed by atoms with van der Waals surface area (Å²) in [5, 5.41) is 6.36. The van der Waals surface area contributed by atoms with E-state index >= 15 is 0 Å². The van der Waals surface area contributed by atoms with Crippen molar-refractivity contribution in [2.75, 3.05) is 33.9 Å². The Morgan fingerprint density at radius 3 is 2.85 bits per heavy atom. The molecule has 1 aliphatic heterocycles. The Hall–Kier alpha value is -2.48. The quantitative estimate of drug-likeness (QED) is 0.661. The van der Waals surface area contributed by atoms with Crippen molar-refractivity contribution in [2.24, 2.45) is 0 Å². The first kappa shape index (κ1) is 17.9. The summed E-state index contributed by atoms with van der Waals surface area (Å²) in [6.45, 7) is 3.28. The van der Waals surface area contributed by atoms with E-state index in [0.29, 0.717) is 31.5 Å². The molecule has 1 aromatic heterocycles. The minimum Gasteiger partial charge on any atom is -0.497 e. The van der Waals surface area contributed by atoms with Gasteiger partial charge in [-0.25, -0.2) is 0 Å². The molecule has 7 nitrogen and oxygen atoms in total. The van der Waals surface area contributed by atoms with Crippen molar-refractivity contribution in [3.8, 4) is 5.75 Å². The molecule has 142 valence electrons. The summed E-state index contributed by atoms with van der Waals surface area (Å²) in [5.41, 5.74) is 1.17. The number of hydrogen-bond acceptors (Lipinski definition) is 7. The maximum atomic E-state index is 6.02. The molecule has 0 spiro atoms. The highest BCUT2D eigenvalue weighted by molar-refractivity contribution is 5.84. The molecule has 7 heteroatoms. The fourth-order valence-corrected chi connectivity index (χ4v) is 3.35. The van der Waals surface area contributed by atoms with E-state index in [4.69, 9.17) is 18.7 Å². The molecular formula is C20H23N3O4. The number of nitrogens with zero attached hydrogens (tertiary/aromatic N) is 3. The van der Waals surface area contributed by atoms with Gasteiger partial charge in [0.05, 0.1) is 26.4 Å². The van der Waals surface area contributed by atoms with Gasteiger partial charge in [0.15, 0.2) is 5.82 Å². The van der Waals surface area contributed by atoms with Crippen molar-refractivity contribution in [1.82, 2.24) is 15.0 Å². The van der Waals surface area contributed by atoms with Gasteiger partial charge >= 0.3 is 0 Å². The number of ether oxygens (including phenoxy) is 3. The van der Waals surface area contributed by atoms with Crippen LogP contribution in [0.2, 0.25) is 0 Å². The predicted molar refractivity (Wildman–Crippen MR) is 99.5 cm³/mol. The Kier molecular flexibility index (Phi) is 5.33. The smallest absolute Gasteiger partial charge is 0.252 e. The molecule has 1 fully saturated rings. The average Bonchev–Trinajstić information content (AvgIpc) is 3.14. The van der Waals surface area contributed by atoms with Crippen LogP contribution in [0.5, 0.6) is 5.75 Å². The molecular weight excluding hydrogens is 346 g/mol. The van der Waals surface area contributed by atoms with E-state index in [1.165, 1.54) is 10.9 Å². The Labute approximate surface area is 157 Å². The maximum Gasteiger partial charge on any atom is 0.252 e. The molecule has 0 bridgehead atoms. The van der Waals surface area contributed by atoms with Gasteiger partial charge in [0.2, 0.25) is 0 Å². The second-order valence-electron chi connectivity index (χ2n) is 6.60. The van der Waals surface area contributed by atoms with Gasteiger partial charge in [0, 0.05) is 20.2 Å². The molecule has 1 atom stereocenters. The molecule has 0 aliphatic carbocycles. The van der Waals surface area contributed by atoms with E-state index in [1.807, 2.05) is 12.1 Å². The van der Waals surface area contributed by atoms with Crippen LogP contribution in [0, 0.1) is 0 Å². The first-order chi connectivity index (χ1) is 13.2. The van der Waals surface area contributed by atoms with Crippen LogP contribution in [-0.4, -0.2) is 49.0 Å². The Bertz CT molecular complexity index is 911. The summed E-state index contributed by atoms with van der Waals surface area (Å²) in [6.07, 6.45) is 0.0237. The lowest BCUT2D eigenvalue weighted by Gasteiger charge is -2.32. The van der Waals surface area contributed by atoms with Gasteiger partial charge in [0.1, 0.15) is 12.4 Å². The highest BCUT2D eigenvalue weighted by Gasteiger charge is 2.23. The van der Waals surface area contributed by atoms with E-state index in [-0.39, 0.29) is 6.10 Å². The van der Waals surface area contributed by atoms with Gasteiger partial charge < -0.3 is 18.7 Å². The molecule has 3 aromatic rings. The highest BCUT2D eigenvalue weighted by Crippen LogP contribution is 2.28. The zero-order chi connectivity index (χ0) is 18.6. The summed E-state index contributed by atoms with van der Waals surface area (Å²) >= 11 is 0. The molecule has 0 unspecified atom stereocenters. The zero-order valence-corrected chi connectivity index (χ0v) is 15.6. The molecule has 0 saturated carbocycles. The standard InChI is InChI=1S/C20H23N3O4/c1-24-13-20-21-19(22-27-20)12-23-7-8-26-18(11-23)16-4-3-15-10-17(25-2)6-5-14(15)9-16/h3-6,9-10,18H,7-8,11-13H2,1-2H3/t18-/m0/s1. The minimum atomic E-state index is 0.0237. The fourth-order valence-electron chi connectivity index (χ4n) is 3.35. The van der Waals surface area contributed by atoms with Gasteiger partial charge in [-0.15, -0.1) is 0 Å². The third-order valence-electron chi connectivity index (χ3n) is 4.74. The molecule has 1 saturated heterocycles. The fraction of sp³-hybridized carbons (Fsp3) is 0.400. The van der Waals surface area contributed by atoms with Crippen LogP contribution in [0.4, 0.5) is 0 Å². The lowest BCUT2D eigenvalue weighted by atomic mass is 10.0. The SMILES string of the molecule is COCc1nc(CN2CCO[C@H](c3ccc4cc(OC)ccc4c3)C2)no1. The number of methoxy groups -OCH3 is 2. The van der Waals surface area contributed by atoms with Gasteiger partial charge in [-0.05, 0) is 34.5 Å². The Morgan fingerprint density at radius 1 is 1.15 bits per heavy atom. The van der Waals surface area contributed by atoms with Crippen LogP contribution in [0.3, 0.4) is 0 Å². The van der Waals surface area contributed by atoms with E-state index in [0.717, 1.165) is 24.2 Å². The predicted octanol–water partition coefficient (Wildman–Crippen LogP) is 2.95. The first-order valence-electron chi connectivity index (χ1n) is 8.97. The van der Waals surface area contributed by atoms with Gasteiger partial charge in [-0.1, -0.05) is 23.4 Å². The van der Waals surface area contributed by atoms with Gasteiger partial charge in [-0.3, -0.25) is 4.90 Å². The summed E-state index contributed by atoms with van der Waals surface area (Å²) in [7, 11) is 3.29. The number of morpholine rings is 1. The van der Waals surface area contributed by atoms with E-state index in [2.05, 4.69) is 39.3 Å². The summed E-state index contributed by atoms with van der Waals surface area (Å²) < 4.78 is 21.5. The lowest BCUT2D eigenvalue weighted by molar-refractivity contribution is -0.0337. The van der Waals surface area contributed by atoms with Crippen LogP contribution in [0.1, 0.15) is 23.4 Å². The largest absolute Gasteiger partial charge is 0.497 e. The van der Waals surface area contributed by atoms with Crippen LogP contribution in [0.15, 0.2) is 40.9 Å². The Balaban J connectivity index is 1.46. The molecule has 2 heterocycles. The van der Waals surface area contributed by atoms with Crippen LogP contribution >= 0.6 is 0 Å². The third kappa shape index (κ3) is 4.10. The van der Waals surface area contributed by atoms with Crippen LogP contribution in [0.25, 0.3) is 10.8 Å². The topological polar surface area (TPSA) is 69.9 Å². The number of hydrogen-bond donors (Lipinski definition) is 0. The maximum absolute atomic E-state index is 6.02. The number of fused-ring (bicyclic) bond motifs is 1. The van der Waals surface area contributed by atoms with Crippen molar-refractivity contribution in [2.45, 2.75) is 19.3 Å². The molecule has 27 heavy (non-hydrogen) atoms. The second-order valence-corrected chi connectivity index (χ2v) is 6.60. The van der Waals surface area contributed by atoms with Crippen LogP contribution in [-0.2, 0) is 22.6 Å². The van der Waals surface area contributed by atoms with Crippen molar-refractivity contribution in [1.29, 1.82) is 0 Å². The molecule has 2 aromatic carbocycles. The highest BCUT2D eigenvalue weighted by atomic mass is 16.5. The van der Waals surface area contributed by atoms with Crippen molar-refractivity contribution < 1.29 is 18.7 Å². The summed E-state index contributed by atoms with van der Waals surface area (Å²) in [4.78, 5) is 6.64. The number of aromatic nitrogens is 2. The minimum absolute atomic E-state index is 0.0237. The van der Waals surface area contributed by atoms with E-state index < -0.39 is 0 Å². The average molecular weight is 369 g/mol. The summed E-state index contributed by atoms with van der Waals surface area (Å²) in [5.74, 6) is 2.04. The lowest BCUT2D eigenvalue weighted by Crippen LogP contribution is -2.38. The monoisotopic (exact) mass is 369 g/mol. The molecule has 1 aliphatic rings. The zero-order valence-electron chi connectivity index (χ0n) is 15.6. The van der Waals surface area contributed by atoms with E-state index in [1.54, 1.807) is 14.2 Å². The number of rotatable bonds is 6. The van der Waals surface area contributed by atoms with E-state index in [9.17, 15) is 0 Å². The third-order valence-corrected chi connectivity index (χ3v) is 4.74. The normalized spacial score (nSPS) is 18.1. The van der Waals surface area contributed by atoms with Gasteiger partial charge in [0.25, 0.3) is 5.89 Å². The van der Waals surface area contributed by atoms with Crippen molar-refractivity contribution in [3.05, 3.63) is 53.7 Å². The van der Waals surface area contributed by atoms with Crippen molar-refractivity contribution in [3.63, 3.8) is 0 Å². The number of benzene rings is 2. The molecule has 4 rings (SSSR count). The van der Waals surface area contributed by atoms with Crippen LogP contribution < -0.4 is 4.74 Å². The summed E-state index contributed by atoms with van der Waals surface area (Å²) in [6, 6.07) is 12.5. The molecule has 0 N–H and O–H groups in total. The second kappa shape index (κ2) is 8.04. The first-order valence-corrected chi connectivity index (χ1v) is 8.97. The van der Waals surface area contributed by atoms with Crippen molar-refractivity contribution >= 4 is 10.8 Å². The Morgan fingerprint density at radius 2 is 2.00 bits per heavy atom. The molecule has 0 radical (unpaired) electrons. The van der Waals surface area contributed by atoms with Gasteiger partial charge in [-0.2, -0.15) is 4.98 Å². The molecule has 0 amide bonds.